The molecule has 2 aromatic carbocycles. The van der Waals surface area contributed by atoms with Gasteiger partial charge in [0.25, 0.3) is 5.91 Å². The molecule has 0 atom stereocenters. The third kappa shape index (κ3) is 3.93. The van der Waals surface area contributed by atoms with Crippen LogP contribution in [0.4, 0.5) is 0 Å². The van der Waals surface area contributed by atoms with E-state index in [9.17, 15) is 14.8 Å². The Hall–Kier alpha value is -3.51. The van der Waals surface area contributed by atoms with Gasteiger partial charge in [-0.05, 0) is 41.0 Å². The van der Waals surface area contributed by atoms with Crippen LogP contribution in [0.1, 0.15) is 26.4 Å². The summed E-state index contributed by atoms with van der Waals surface area (Å²) < 4.78 is 0. The van der Waals surface area contributed by atoms with Crippen LogP contribution in [0.15, 0.2) is 72.9 Å². The Morgan fingerprint density at radius 3 is 2.31 bits per heavy atom. The zero-order valence-corrected chi connectivity index (χ0v) is 13.9. The number of benzene rings is 2. The van der Waals surface area contributed by atoms with Crippen molar-refractivity contribution in [3.63, 3.8) is 0 Å². The third-order valence-corrected chi connectivity index (χ3v) is 3.89. The first-order valence-corrected chi connectivity index (χ1v) is 7.95. The van der Waals surface area contributed by atoms with E-state index in [0.717, 1.165) is 16.7 Å². The van der Waals surface area contributed by atoms with Crippen LogP contribution >= 0.6 is 0 Å². The van der Waals surface area contributed by atoms with E-state index >= 15 is 0 Å². The van der Waals surface area contributed by atoms with Crippen LogP contribution in [0.3, 0.4) is 0 Å². The van der Waals surface area contributed by atoms with E-state index in [4.69, 9.17) is 5.73 Å². The summed E-state index contributed by atoms with van der Waals surface area (Å²) in [4.78, 5) is 27.6. The highest BCUT2D eigenvalue weighted by Gasteiger charge is 2.16. The standard InChI is InChI=1S/C20H17N3O3/c21-19(24)16-8-6-15(7-9-16)17-10-11-22-18(12-17)20(25)23(26)13-14-4-2-1-3-5-14/h1-12,26H,13H2,(H2,21,24). The van der Waals surface area contributed by atoms with Gasteiger partial charge in [-0.3, -0.25) is 19.8 Å². The first-order chi connectivity index (χ1) is 12.5. The van der Waals surface area contributed by atoms with Crippen molar-refractivity contribution in [3.05, 3.63) is 89.7 Å². The largest absolute Gasteiger partial charge is 0.366 e. The van der Waals surface area contributed by atoms with E-state index in [2.05, 4.69) is 4.98 Å². The summed E-state index contributed by atoms with van der Waals surface area (Å²) >= 11 is 0. The van der Waals surface area contributed by atoms with E-state index in [0.29, 0.717) is 10.6 Å². The summed E-state index contributed by atoms with van der Waals surface area (Å²) in [6.45, 7) is 0.0683. The summed E-state index contributed by atoms with van der Waals surface area (Å²) in [7, 11) is 0. The summed E-state index contributed by atoms with van der Waals surface area (Å²) in [6, 6.07) is 19.2. The molecule has 0 aliphatic heterocycles. The first-order valence-electron chi connectivity index (χ1n) is 7.95. The minimum Gasteiger partial charge on any atom is -0.366 e. The van der Waals surface area contributed by atoms with Crippen molar-refractivity contribution in [2.45, 2.75) is 6.54 Å². The number of primary amides is 1. The van der Waals surface area contributed by atoms with Gasteiger partial charge in [0.05, 0.1) is 6.54 Å². The topological polar surface area (TPSA) is 96.5 Å². The smallest absolute Gasteiger partial charge is 0.296 e. The van der Waals surface area contributed by atoms with Crippen LogP contribution in [0.2, 0.25) is 0 Å². The zero-order chi connectivity index (χ0) is 18.5. The summed E-state index contributed by atoms with van der Waals surface area (Å²) in [5, 5.41) is 10.7. The molecule has 0 unspecified atom stereocenters. The molecule has 2 amide bonds. The highest BCUT2D eigenvalue weighted by atomic mass is 16.5. The second-order valence-electron chi connectivity index (χ2n) is 5.72. The van der Waals surface area contributed by atoms with E-state index in [1.54, 1.807) is 36.4 Å². The summed E-state index contributed by atoms with van der Waals surface area (Å²) in [6.07, 6.45) is 1.50. The molecule has 3 rings (SSSR count). The number of hydrogen-bond acceptors (Lipinski definition) is 4. The molecular weight excluding hydrogens is 330 g/mol. The summed E-state index contributed by atoms with van der Waals surface area (Å²) in [5.74, 6) is -1.09. The second-order valence-corrected chi connectivity index (χ2v) is 5.72. The average molecular weight is 347 g/mol. The molecule has 6 heteroatoms. The number of amides is 2. The lowest BCUT2D eigenvalue weighted by molar-refractivity contribution is -0.0652. The Morgan fingerprint density at radius 2 is 1.65 bits per heavy atom. The number of hydrogen-bond donors (Lipinski definition) is 2. The average Bonchev–Trinajstić information content (AvgIpc) is 2.68. The number of carbonyl (C=O) groups is 2. The number of carbonyl (C=O) groups excluding carboxylic acids is 2. The van der Waals surface area contributed by atoms with Gasteiger partial charge in [-0.15, -0.1) is 0 Å². The Morgan fingerprint density at radius 1 is 0.962 bits per heavy atom. The zero-order valence-electron chi connectivity index (χ0n) is 13.9. The third-order valence-electron chi connectivity index (χ3n) is 3.89. The quantitative estimate of drug-likeness (QED) is 0.548. The van der Waals surface area contributed by atoms with Gasteiger partial charge in [0.15, 0.2) is 0 Å². The van der Waals surface area contributed by atoms with Crippen LogP contribution in [-0.2, 0) is 6.54 Å². The molecule has 130 valence electrons. The number of pyridine rings is 1. The van der Waals surface area contributed by atoms with Crippen LogP contribution in [-0.4, -0.2) is 27.1 Å². The minimum absolute atomic E-state index is 0.0683. The molecule has 3 N–H and O–H groups in total. The Balaban J connectivity index is 1.80. The molecule has 0 saturated heterocycles. The number of aromatic nitrogens is 1. The Bertz CT molecular complexity index is 925. The van der Waals surface area contributed by atoms with E-state index in [1.165, 1.54) is 6.20 Å². The van der Waals surface area contributed by atoms with Crippen LogP contribution < -0.4 is 5.73 Å². The van der Waals surface area contributed by atoms with Gasteiger partial charge in [0.1, 0.15) is 5.69 Å². The van der Waals surface area contributed by atoms with Crippen molar-refractivity contribution in [3.8, 4) is 11.1 Å². The van der Waals surface area contributed by atoms with Gasteiger partial charge in [-0.1, -0.05) is 42.5 Å². The number of nitrogens with two attached hydrogens (primary N) is 1. The summed E-state index contributed by atoms with van der Waals surface area (Å²) in [5.41, 5.74) is 8.12. The molecule has 0 aliphatic carbocycles. The number of nitrogens with zero attached hydrogens (tertiary/aromatic N) is 2. The fourth-order valence-electron chi connectivity index (χ4n) is 2.51. The van der Waals surface area contributed by atoms with Gasteiger partial charge in [-0.25, -0.2) is 5.06 Å². The Kier molecular flexibility index (Phi) is 5.05. The normalized spacial score (nSPS) is 10.3. The van der Waals surface area contributed by atoms with Crippen molar-refractivity contribution in [1.82, 2.24) is 10.0 Å². The molecule has 0 bridgehead atoms. The van der Waals surface area contributed by atoms with E-state index in [1.807, 2.05) is 30.3 Å². The molecule has 26 heavy (non-hydrogen) atoms. The van der Waals surface area contributed by atoms with Crippen molar-refractivity contribution < 1.29 is 14.8 Å². The van der Waals surface area contributed by atoms with Gasteiger partial charge in [0, 0.05) is 11.8 Å². The molecular formula is C20H17N3O3. The highest BCUT2D eigenvalue weighted by molar-refractivity contribution is 5.94. The fraction of sp³-hybridized carbons (Fsp3) is 0.0500. The van der Waals surface area contributed by atoms with Crippen molar-refractivity contribution >= 4 is 11.8 Å². The lowest BCUT2D eigenvalue weighted by Gasteiger charge is -2.15. The lowest BCUT2D eigenvalue weighted by atomic mass is 10.0. The molecule has 3 aromatic rings. The van der Waals surface area contributed by atoms with Crippen LogP contribution in [0, 0.1) is 0 Å². The number of hydroxylamine groups is 2. The van der Waals surface area contributed by atoms with Gasteiger partial charge < -0.3 is 5.73 Å². The molecule has 1 heterocycles. The maximum atomic E-state index is 12.4. The second kappa shape index (κ2) is 7.58. The number of rotatable bonds is 5. The predicted octanol–water partition coefficient (Wildman–Crippen LogP) is 2.88. The molecule has 0 fully saturated rings. The first kappa shape index (κ1) is 17.3. The Labute approximate surface area is 150 Å². The lowest BCUT2D eigenvalue weighted by Crippen LogP contribution is -2.27. The van der Waals surface area contributed by atoms with Crippen LogP contribution in [0.5, 0.6) is 0 Å². The monoisotopic (exact) mass is 347 g/mol. The van der Waals surface area contributed by atoms with Gasteiger partial charge >= 0.3 is 0 Å². The van der Waals surface area contributed by atoms with Crippen molar-refractivity contribution in [2.24, 2.45) is 5.73 Å². The van der Waals surface area contributed by atoms with E-state index < -0.39 is 11.8 Å². The molecule has 6 nitrogen and oxygen atoms in total. The highest BCUT2D eigenvalue weighted by Crippen LogP contribution is 2.20. The molecule has 0 spiro atoms. The van der Waals surface area contributed by atoms with E-state index in [-0.39, 0.29) is 12.2 Å². The fourth-order valence-corrected chi connectivity index (χ4v) is 2.51. The van der Waals surface area contributed by atoms with Gasteiger partial charge in [0.2, 0.25) is 5.91 Å². The minimum atomic E-state index is -0.593. The van der Waals surface area contributed by atoms with Crippen molar-refractivity contribution in [1.29, 1.82) is 0 Å². The SMILES string of the molecule is NC(=O)c1ccc(-c2ccnc(C(=O)N(O)Cc3ccccc3)c2)cc1. The molecule has 0 aliphatic rings. The van der Waals surface area contributed by atoms with Crippen LogP contribution in [0.25, 0.3) is 11.1 Å². The maximum absolute atomic E-state index is 12.4. The molecule has 0 radical (unpaired) electrons. The predicted molar refractivity (Wildman–Crippen MR) is 96.3 cm³/mol. The molecule has 0 saturated carbocycles. The van der Waals surface area contributed by atoms with Crippen molar-refractivity contribution in [2.75, 3.05) is 0 Å². The maximum Gasteiger partial charge on any atom is 0.296 e. The molecule has 1 aromatic heterocycles. The van der Waals surface area contributed by atoms with Gasteiger partial charge in [-0.2, -0.15) is 0 Å².